The molecule has 0 fully saturated rings. The maximum atomic E-state index is 12.6. The van der Waals surface area contributed by atoms with Gasteiger partial charge >= 0.3 is 24.0 Å². The second kappa shape index (κ2) is 12.1. The number of amides is 3. The number of nitrogens with zero attached hydrogens (tertiary/aromatic N) is 2. The lowest BCUT2D eigenvalue weighted by atomic mass is 10.1. The smallest absolute Gasteiger partial charge is 0.326 e. The van der Waals surface area contributed by atoms with Crippen LogP contribution in [0, 0.1) is 6.08 Å². The Labute approximate surface area is 159 Å². The summed E-state index contributed by atoms with van der Waals surface area (Å²) in [6, 6.07) is -1.97. The average molecular weight is 398 g/mol. The molecule has 28 heavy (non-hydrogen) atoms. The highest BCUT2D eigenvalue weighted by molar-refractivity contribution is 5.93. The Morgan fingerprint density at radius 3 is 2.18 bits per heavy atom. The van der Waals surface area contributed by atoms with Crippen molar-refractivity contribution < 1.29 is 33.8 Å². The molecule has 0 aliphatic carbocycles. The predicted octanol–water partition coefficient (Wildman–Crippen LogP) is 0.133. The molecule has 1 heterocycles. The van der Waals surface area contributed by atoms with Crippen molar-refractivity contribution in [2.45, 2.75) is 38.1 Å². The van der Waals surface area contributed by atoms with E-state index in [2.05, 4.69) is 25.9 Å². The molecule has 1 aromatic rings. The lowest BCUT2D eigenvalue weighted by Crippen LogP contribution is -2.46. The van der Waals surface area contributed by atoms with Crippen LogP contribution in [0.1, 0.15) is 42.5 Å². The van der Waals surface area contributed by atoms with E-state index in [9.17, 15) is 23.6 Å². The minimum atomic E-state index is -1.31. The van der Waals surface area contributed by atoms with Crippen LogP contribution in [0.15, 0.2) is 12.4 Å². The fourth-order valence-electron chi connectivity index (χ4n) is 2.10. The summed E-state index contributed by atoms with van der Waals surface area (Å²) in [6.07, 6.45) is 2.58. The molecule has 154 valence electrons. The molecular weight excluding hydrogens is 376 g/mol. The number of aliphatic carboxylic acids is 2. The highest BCUT2D eigenvalue weighted by Gasteiger charge is 2.20. The number of aromatic nitrogens is 2. The zero-order valence-corrected chi connectivity index (χ0v) is 15.0. The van der Waals surface area contributed by atoms with E-state index in [4.69, 9.17) is 10.2 Å². The van der Waals surface area contributed by atoms with Gasteiger partial charge in [0, 0.05) is 31.9 Å². The minimum absolute atomic E-state index is 0.149. The Hall–Kier alpha value is -3.31. The van der Waals surface area contributed by atoms with Gasteiger partial charge in [-0.25, -0.2) is 19.6 Å². The number of halogens is 1. The molecule has 3 amide bonds. The molecule has 0 aliphatic heterocycles. The van der Waals surface area contributed by atoms with Crippen LogP contribution < -0.4 is 16.0 Å². The van der Waals surface area contributed by atoms with Crippen LogP contribution in [0.5, 0.6) is 0 Å². The van der Waals surface area contributed by atoms with Gasteiger partial charge in [-0.1, -0.05) is 0 Å². The predicted molar refractivity (Wildman–Crippen MR) is 93.0 cm³/mol. The monoisotopic (exact) mass is 398 g/mol. The molecule has 5 N–H and O–H groups in total. The summed E-state index contributed by atoms with van der Waals surface area (Å²) in [5.74, 6) is -2.87. The summed E-state index contributed by atoms with van der Waals surface area (Å²) in [4.78, 5) is 51.4. The first-order valence-electron chi connectivity index (χ1n) is 8.54. The van der Waals surface area contributed by atoms with Crippen LogP contribution >= 0.6 is 0 Å². The fourth-order valence-corrected chi connectivity index (χ4v) is 2.10. The molecule has 0 aliphatic rings. The highest BCUT2D eigenvalue weighted by atomic mass is 18.2. The summed E-state index contributed by atoms with van der Waals surface area (Å²) in [6.45, 7) is 0.662. The van der Waals surface area contributed by atoms with E-state index >= 15 is 0 Å². The van der Waals surface area contributed by atoms with Crippen molar-refractivity contribution >= 4 is 23.9 Å². The highest BCUT2D eigenvalue weighted by Crippen LogP contribution is 1.99. The van der Waals surface area contributed by atoms with Crippen molar-refractivity contribution in [1.82, 2.24) is 25.9 Å². The van der Waals surface area contributed by atoms with Gasteiger partial charge in [-0.05, 0) is 25.7 Å². The molecule has 1 aromatic heterocycles. The number of carbonyl (C=O) groups is 4. The van der Waals surface area contributed by atoms with Crippen molar-refractivity contribution in [3.63, 3.8) is 0 Å². The first kappa shape index (κ1) is 22.7. The molecule has 0 saturated carbocycles. The molecule has 0 saturated heterocycles. The third kappa shape index (κ3) is 9.40. The number of hydrogen-bond donors (Lipinski definition) is 5. The number of carboxylic acids is 2. The standard InChI is InChI=1S/C16H22FN5O6/c17-15-20-8-10(9-21-15)13(25)18-6-2-1-3-7-19-16(28)22-11(14(26)27)4-5-12(23)24/h8-9,11H,1-7H2,(H,18,25)(H,23,24)(H,26,27)(H2,19,22,28)/t11-/m0/s1/i17-1. The number of hydrogen-bond acceptors (Lipinski definition) is 6. The molecule has 0 bridgehead atoms. The largest absolute Gasteiger partial charge is 0.481 e. The second-order valence-electron chi connectivity index (χ2n) is 5.78. The zero-order valence-electron chi connectivity index (χ0n) is 15.0. The van der Waals surface area contributed by atoms with Gasteiger partial charge in [0.1, 0.15) is 6.04 Å². The van der Waals surface area contributed by atoms with Crippen LogP contribution in [-0.4, -0.2) is 63.2 Å². The maximum absolute atomic E-state index is 12.6. The number of nitrogens with one attached hydrogen (secondary N) is 3. The van der Waals surface area contributed by atoms with Crippen molar-refractivity contribution in [2.75, 3.05) is 13.1 Å². The Balaban J connectivity index is 2.13. The van der Waals surface area contributed by atoms with Crippen molar-refractivity contribution in [3.8, 4) is 0 Å². The van der Waals surface area contributed by atoms with Crippen molar-refractivity contribution in [1.29, 1.82) is 0 Å². The van der Waals surface area contributed by atoms with Crippen LogP contribution in [0.2, 0.25) is 0 Å². The van der Waals surface area contributed by atoms with E-state index < -0.39 is 36.0 Å². The molecule has 11 nitrogen and oxygen atoms in total. The molecule has 0 spiro atoms. The summed E-state index contributed by atoms with van der Waals surface area (Å²) in [5.41, 5.74) is 0.149. The summed E-state index contributed by atoms with van der Waals surface area (Å²) < 4.78 is 12.6. The second-order valence-corrected chi connectivity index (χ2v) is 5.78. The van der Waals surface area contributed by atoms with Gasteiger partial charge in [-0.15, -0.1) is 0 Å². The molecule has 1 rings (SSSR count). The molecule has 12 heteroatoms. The third-order valence-electron chi connectivity index (χ3n) is 3.56. The van der Waals surface area contributed by atoms with E-state index in [0.717, 1.165) is 12.4 Å². The van der Waals surface area contributed by atoms with Gasteiger partial charge in [0.2, 0.25) is 0 Å². The van der Waals surface area contributed by atoms with Gasteiger partial charge in [-0.3, -0.25) is 9.59 Å². The normalized spacial score (nSPS) is 11.3. The molecule has 0 unspecified atom stereocenters. The Morgan fingerprint density at radius 2 is 1.61 bits per heavy atom. The van der Waals surface area contributed by atoms with Crippen LogP contribution in [0.25, 0.3) is 0 Å². The quantitative estimate of drug-likeness (QED) is 0.244. The van der Waals surface area contributed by atoms with Gasteiger partial charge in [0.15, 0.2) is 0 Å². The van der Waals surface area contributed by atoms with E-state index in [1.165, 1.54) is 0 Å². The third-order valence-corrected chi connectivity index (χ3v) is 3.56. The van der Waals surface area contributed by atoms with Crippen LogP contribution in [0.3, 0.4) is 0 Å². The number of carboxylic acid groups (broad SMARTS) is 2. The lowest BCUT2D eigenvalue weighted by Gasteiger charge is -2.14. The van der Waals surface area contributed by atoms with Gasteiger partial charge < -0.3 is 26.2 Å². The maximum Gasteiger partial charge on any atom is 0.326 e. The van der Waals surface area contributed by atoms with E-state index in [1.807, 2.05) is 0 Å². The Morgan fingerprint density at radius 1 is 1.00 bits per heavy atom. The van der Waals surface area contributed by atoms with Crippen LogP contribution in [0.4, 0.5) is 9.18 Å². The summed E-state index contributed by atoms with van der Waals surface area (Å²) in [7, 11) is 0. The summed E-state index contributed by atoms with van der Waals surface area (Å²) >= 11 is 0. The SMILES string of the molecule is O=C(O)CC[C@H](NC(=O)NCCCCCNC(=O)c1cnc([18F])nc1)C(=O)O. The number of unbranched alkanes of at least 4 members (excludes halogenated alkanes) is 2. The molecule has 0 aromatic carbocycles. The number of urea groups is 1. The topological polar surface area (TPSA) is 171 Å². The van der Waals surface area contributed by atoms with Gasteiger partial charge in [0.25, 0.3) is 5.91 Å². The van der Waals surface area contributed by atoms with Crippen molar-refractivity contribution in [2.24, 2.45) is 0 Å². The Kier molecular flexibility index (Phi) is 9.86. The average Bonchev–Trinajstić information content (AvgIpc) is 2.64. The first-order valence-corrected chi connectivity index (χ1v) is 8.54. The molecule has 1 atom stereocenters. The molecule has 0 radical (unpaired) electrons. The zero-order chi connectivity index (χ0) is 20.9. The number of carbonyl (C=O) groups excluding carboxylic acids is 2. The van der Waals surface area contributed by atoms with Crippen LogP contribution in [-0.2, 0) is 9.59 Å². The van der Waals surface area contributed by atoms with E-state index in [0.29, 0.717) is 25.8 Å². The van der Waals surface area contributed by atoms with Gasteiger partial charge in [0.05, 0.1) is 5.56 Å². The lowest BCUT2D eigenvalue weighted by molar-refractivity contribution is -0.140. The Bertz CT molecular complexity index is 685. The van der Waals surface area contributed by atoms with Crippen molar-refractivity contribution in [3.05, 3.63) is 24.0 Å². The minimum Gasteiger partial charge on any atom is -0.481 e. The number of rotatable bonds is 12. The van der Waals surface area contributed by atoms with E-state index in [-0.39, 0.29) is 24.9 Å². The molecular formula is C16H22FN5O6. The first-order chi connectivity index (χ1) is 13.3. The summed E-state index contributed by atoms with van der Waals surface area (Å²) in [5, 5.41) is 24.8. The fraction of sp³-hybridized carbons (Fsp3) is 0.500. The van der Waals surface area contributed by atoms with Gasteiger partial charge in [-0.2, -0.15) is 4.39 Å². The van der Waals surface area contributed by atoms with E-state index in [1.54, 1.807) is 0 Å².